The number of thiol groups is 1. The van der Waals surface area contributed by atoms with E-state index in [1.54, 1.807) is 28.0 Å². The minimum Gasteiger partial charge on any atom is -0.508 e. The van der Waals surface area contributed by atoms with Crippen molar-refractivity contribution in [1.82, 2.24) is 9.80 Å². The number of benzene rings is 2. The van der Waals surface area contributed by atoms with Gasteiger partial charge in [0.15, 0.2) is 0 Å². The molecule has 2 N–H and O–H groups in total. The first-order valence-electron chi connectivity index (χ1n) is 8.35. The minimum absolute atomic E-state index is 0.0973. The maximum absolute atomic E-state index is 12.7. The summed E-state index contributed by atoms with van der Waals surface area (Å²) in [5.41, 5.74) is 0.775. The fourth-order valence-corrected chi connectivity index (χ4v) is 3.31. The van der Waals surface area contributed by atoms with Gasteiger partial charge in [0.2, 0.25) is 0 Å². The van der Waals surface area contributed by atoms with Crippen molar-refractivity contribution in [1.29, 1.82) is 0 Å². The van der Waals surface area contributed by atoms with Crippen LogP contribution in [0.2, 0.25) is 0 Å². The minimum atomic E-state index is -0.278. The predicted molar refractivity (Wildman–Crippen MR) is 99.9 cm³/mol. The van der Waals surface area contributed by atoms with Gasteiger partial charge in [-0.1, -0.05) is 12.1 Å². The molecule has 1 aliphatic heterocycles. The summed E-state index contributed by atoms with van der Waals surface area (Å²) >= 11 is 4.34. The largest absolute Gasteiger partial charge is 0.508 e. The van der Waals surface area contributed by atoms with Crippen LogP contribution < -0.4 is 0 Å². The zero-order valence-electron chi connectivity index (χ0n) is 14.1. The highest BCUT2D eigenvalue weighted by molar-refractivity contribution is 7.80. The van der Waals surface area contributed by atoms with Gasteiger partial charge in [-0.05, 0) is 30.7 Å². The second-order valence-corrected chi connectivity index (χ2v) is 6.67. The topological polar surface area (TPSA) is 81.1 Å². The third-order valence-electron chi connectivity index (χ3n) is 4.35. The van der Waals surface area contributed by atoms with Gasteiger partial charge in [-0.25, -0.2) is 0 Å². The Morgan fingerprint density at radius 1 is 0.846 bits per heavy atom. The molecule has 0 bridgehead atoms. The Labute approximate surface area is 157 Å². The Balaban J connectivity index is 1.71. The lowest BCUT2D eigenvalue weighted by Gasteiger charge is -2.23. The first-order valence-corrected chi connectivity index (χ1v) is 8.80. The van der Waals surface area contributed by atoms with Crippen LogP contribution in [0, 0.1) is 0 Å². The first kappa shape index (κ1) is 18.1. The van der Waals surface area contributed by atoms with Crippen LogP contribution >= 0.6 is 12.6 Å². The van der Waals surface area contributed by atoms with Crippen LogP contribution in [0.3, 0.4) is 0 Å². The standard InChI is InChI=1S/C19H20N2O4S/c22-14-10-13(11-15(23)12-14)18(24)20-6-3-7-21(9-8-20)19(25)16-4-1-2-5-17(16)26/h1-2,4-5,10-12,22-23,26H,3,6-9H2. The van der Waals surface area contributed by atoms with E-state index in [9.17, 15) is 19.8 Å². The molecule has 0 aromatic heterocycles. The van der Waals surface area contributed by atoms with Crippen molar-refractivity contribution in [2.24, 2.45) is 0 Å². The van der Waals surface area contributed by atoms with E-state index in [2.05, 4.69) is 12.6 Å². The van der Waals surface area contributed by atoms with Crippen LogP contribution in [0.4, 0.5) is 0 Å². The quantitative estimate of drug-likeness (QED) is 0.707. The molecule has 0 saturated carbocycles. The molecule has 1 fully saturated rings. The Kier molecular flexibility index (Phi) is 5.37. The van der Waals surface area contributed by atoms with Gasteiger partial charge in [0, 0.05) is 42.7 Å². The third kappa shape index (κ3) is 3.94. The highest BCUT2D eigenvalue weighted by atomic mass is 32.1. The van der Waals surface area contributed by atoms with Crippen molar-refractivity contribution in [3.63, 3.8) is 0 Å². The fraction of sp³-hybridized carbons (Fsp3) is 0.263. The monoisotopic (exact) mass is 372 g/mol. The highest BCUT2D eigenvalue weighted by Crippen LogP contribution is 2.22. The van der Waals surface area contributed by atoms with E-state index in [1.807, 2.05) is 6.07 Å². The number of phenols is 2. The van der Waals surface area contributed by atoms with Gasteiger partial charge in [0.05, 0.1) is 5.56 Å². The van der Waals surface area contributed by atoms with Crippen molar-refractivity contribution in [3.8, 4) is 11.5 Å². The summed E-state index contributed by atoms with van der Waals surface area (Å²) in [6.07, 6.45) is 0.650. The molecule has 1 heterocycles. The Morgan fingerprint density at radius 3 is 2.04 bits per heavy atom. The molecule has 0 atom stereocenters. The second kappa shape index (κ2) is 7.70. The fourth-order valence-electron chi connectivity index (χ4n) is 3.05. The van der Waals surface area contributed by atoms with Gasteiger partial charge >= 0.3 is 0 Å². The van der Waals surface area contributed by atoms with Crippen LogP contribution in [-0.4, -0.2) is 58.0 Å². The average Bonchev–Trinajstić information content (AvgIpc) is 2.86. The van der Waals surface area contributed by atoms with Crippen LogP contribution in [0.5, 0.6) is 11.5 Å². The van der Waals surface area contributed by atoms with E-state index in [4.69, 9.17) is 0 Å². The Bertz CT molecular complexity index is 820. The summed E-state index contributed by atoms with van der Waals surface area (Å²) < 4.78 is 0. The number of carbonyl (C=O) groups is 2. The number of amides is 2. The number of nitrogens with zero attached hydrogens (tertiary/aromatic N) is 2. The van der Waals surface area contributed by atoms with Gasteiger partial charge in [0.1, 0.15) is 11.5 Å². The van der Waals surface area contributed by atoms with Crippen molar-refractivity contribution < 1.29 is 19.8 Å². The summed E-state index contributed by atoms with van der Waals surface area (Å²) in [6.45, 7) is 1.85. The molecule has 3 rings (SSSR count). The van der Waals surface area contributed by atoms with E-state index in [0.29, 0.717) is 43.1 Å². The SMILES string of the molecule is O=C(c1cc(O)cc(O)c1)N1CCCN(C(=O)c2ccccc2S)CC1. The van der Waals surface area contributed by atoms with E-state index < -0.39 is 0 Å². The number of aromatic hydroxyl groups is 2. The average molecular weight is 372 g/mol. The van der Waals surface area contributed by atoms with Crippen molar-refractivity contribution >= 4 is 24.4 Å². The van der Waals surface area contributed by atoms with Crippen molar-refractivity contribution in [2.45, 2.75) is 11.3 Å². The van der Waals surface area contributed by atoms with Crippen molar-refractivity contribution in [2.75, 3.05) is 26.2 Å². The van der Waals surface area contributed by atoms with Gasteiger partial charge in [-0.15, -0.1) is 12.6 Å². The predicted octanol–water partition coefficient (Wildman–Crippen LogP) is 2.37. The molecule has 0 radical (unpaired) electrons. The van der Waals surface area contributed by atoms with E-state index in [1.165, 1.54) is 18.2 Å². The highest BCUT2D eigenvalue weighted by Gasteiger charge is 2.24. The smallest absolute Gasteiger partial charge is 0.255 e. The summed E-state index contributed by atoms with van der Waals surface area (Å²) in [6, 6.07) is 11.0. The van der Waals surface area contributed by atoms with E-state index >= 15 is 0 Å². The summed E-state index contributed by atoms with van der Waals surface area (Å²) in [4.78, 5) is 29.3. The number of carbonyl (C=O) groups excluding carboxylic acids is 2. The molecule has 7 heteroatoms. The maximum Gasteiger partial charge on any atom is 0.255 e. The van der Waals surface area contributed by atoms with Crippen LogP contribution in [0.15, 0.2) is 47.4 Å². The molecular formula is C19H20N2O4S. The molecule has 0 unspecified atom stereocenters. The first-order chi connectivity index (χ1) is 12.5. The molecule has 6 nitrogen and oxygen atoms in total. The normalized spacial score (nSPS) is 14.8. The summed E-state index contributed by atoms with van der Waals surface area (Å²) in [7, 11) is 0. The second-order valence-electron chi connectivity index (χ2n) is 6.19. The molecule has 136 valence electrons. The van der Waals surface area contributed by atoms with E-state index in [-0.39, 0.29) is 28.9 Å². The number of hydrogen-bond donors (Lipinski definition) is 3. The van der Waals surface area contributed by atoms with E-state index in [0.717, 1.165) is 0 Å². The lowest BCUT2D eigenvalue weighted by Crippen LogP contribution is -2.37. The molecule has 2 aromatic carbocycles. The number of hydrogen-bond acceptors (Lipinski definition) is 5. The zero-order valence-corrected chi connectivity index (χ0v) is 15.0. The van der Waals surface area contributed by atoms with Crippen LogP contribution in [-0.2, 0) is 0 Å². The molecule has 2 aromatic rings. The molecule has 1 saturated heterocycles. The lowest BCUT2D eigenvalue weighted by atomic mass is 10.1. The molecule has 0 spiro atoms. The van der Waals surface area contributed by atoms with Crippen LogP contribution in [0.25, 0.3) is 0 Å². The van der Waals surface area contributed by atoms with Gasteiger partial charge in [-0.3, -0.25) is 9.59 Å². The molecule has 26 heavy (non-hydrogen) atoms. The van der Waals surface area contributed by atoms with Gasteiger partial charge in [0.25, 0.3) is 11.8 Å². The van der Waals surface area contributed by atoms with Gasteiger partial charge in [-0.2, -0.15) is 0 Å². The maximum atomic E-state index is 12.7. The lowest BCUT2D eigenvalue weighted by molar-refractivity contribution is 0.0716. The molecule has 1 aliphatic rings. The van der Waals surface area contributed by atoms with Crippen LogP contribution in [0.1, 0.15) is 27.1 Å². The zero-order chi connectivity index (χ0) is 18.7. The molecule has 0 aliphatic carbocycles. The third-order valence-corrected chi connectivity index (χ3v) is 4.74. The summed E-state index contributed by atoms with van der Waals surface area (Å²) in [5.74, 6) is -0.698. The van der Waals surface area contributed by atoms with Gasteiger partial charge < -0.3 is 20.0 Å². The van der Waals surface area contributed by atoms with Crippen molar-refractivity contribution in [3.05, 3.63) is 53.6 Å². The Hall–Kier alpha value is -2.67. The number of rotatable bonds is 2. The Morgan fingerprint density at radius 2 is 1.42 bits per heavy atom. The number of phenolic OH excluding ortho intramolecular Hbond substituents is 2. The summed E-state index contributed by atoms with van der Waals surface area (Å²) in [5, 5.41) is 19.1. The molecular weight excluding hydrogens is 352 g/mol. The molecule has 2 amide bonds.